The summed E-state index contributed by atoms with van der Waals surface area (Å²) in [5, 5.41) is 5.93. The van der Waals surface area contributed by atoms with Gasteiger partial charge in [-0.05, 0) is 57.1 Å². The highest BCUT2D eigenvalue weighted by atomic mass is 16.7. The summed E-state index contributed by atoms with van der Waals surface area (Å²) in [6.45, 7) is 4.47. The molecular formula is C24H27N3O6. The summed E-state index contributed by atoms with van der Waals surface area (Å²) in [5.74, 6) is 2.45. The third kappa shape index (κ3) is 4.68. The van der Waals surface area contributed by atoms with Crippen molar-refractivity contribution in [3.63, 3.8) is 0 Å². The summed E-state index contributed by atoms with van der Waals surface area (Å²) >= 11 is 0. The lowest BCUT2D eigenvalue weighted by Gasteiger charge is -2.34. The van der Waals surface area contributed by atoms with E-state index in [9.17, 15) is 9.59 Å². The first kappa shape index (κ1) is 21.4. The Hall–Kier alpha value is -3.46. The van der Waals surface area contributed by atoms with Gasteiger partial charge in [0, 0.05) is 29.4 Å². The van der Waals surface area contributed by atoms with Crippen LogP contribution in [0.4, 0.5) is 11.4 Å². The van der Waals surface area contributed by atoms with Crippen LogP contribution in [0.3, 0.4) is 0 Å². The van der Waals surface area contributed by atoms with Gasteiger partial charge in [-0.1, -0.05) is 0 Å². The smallest absolute Gasteiger partial charge is 0.241 e. The number of fused-ring (bicyclic) bond motifs is 2. The van der Waals surface area contributed by atoms with Gasteiger partial charge in [-0.15, -0.1) is 0 Å². The maximum absolute atomic E-state index is 12.8. The first-order valence-electron chi connectivity index (χ1n) is 11.2. The summed E-state index contributed by atoms with van der Waals surface area (Å²) in [6.07, 6.45) is 1.38. The predicted molar refractivity (Wildman–Crippen MR) is 121 cm³/mol. The molecule has 0 saturated carbocycles. The molecule has 0 bridgehead atoms. The fourth-order valence-electron chi connectivity index (χ4n) is 4.30. The van der Waals surface area contributed by atoms with E-state index >= 15 is 0 Å². The molecule has 0 radical (unpaired) electrons. The molecule has 1 atom stereocenters. The quantitative estimate of drug-likeness (QED) is 0.718. The number of hydrogen-bond donors (Lipinski definition) is 2. The van der Waals surface area contributed by atoms with Crippen molar-refractivity contribution in [2.75, 3.05) is 43.7 Å². The second-order valence-electron chi connectivity index (χ2n) is 8.39. The van der Waals surface area contributed by atoms with E-state index in [4.69, 9.17) is 18.9 Å². The molecule has 174 valence electrons. The molecule has 2 aromatic rings. The monoisotopic (exact) mass is 453 g/mol. The molecule has 0 unspecified atom stereocenters. The van der Waals surface area contributed by atoms with Crippen molar-refractivity contribution < 1.29 is 28.5 Å². The van der Waals surface area contributed by atoms with E-state index in [0.29, 0.717) is 73.5 Å². The lowest BCUT2D eigenvalue weighted by molar-refractivity contribution is -0.123. The van der Waals surface area contributed by atoms with Crippen molar-refractivity contribution in [3.8, 4) is 23.0 Å². The van der Waals surface area contributed by atoms with Crippen LogP contribution < -0.4 is 29.6 Å². The predicted octanol–water partition coefficient (Wildman–Crippen LogP) is 2.86. The molecule has 1 fully saturated rings. The van der Waals surface area contributed by atoms with Crippen molar-refractivity contribution >= 4 is 23.2 Å². The van der Waals surface area contributed by atoms with E-state index < -0.39 is 0 Å². The van der Waals surface area contributed by atoms with Crippen LogP contribution >= 0.6 is 0 Å². The molecule has 33 heavy (non-hydrogen) atoms. The molecule has 9 heteroatoms. The lowest BCUT2D eigenvalue weighted by Crippen LogP contribution is -2.47. The van der Waals surface area contributed by atoms with Gasteiger partial charge in [0.05, 0.1) is 6.04 Å². The van der Waals surface area contributed by atoms with Crippen LogP contribution in [0.1, 0.15) is 19.8 Å². The van der Waals surface area contributed by atoms with E-state index in [2.05, 4.69) is 15.5 Å². The Labute approximate surface area is 191 Å². The summed E-state index contributed by atoms with van der Waals surface area (Å²) in [5.41, 5.74) is 1.37. The highest BCUT2D eigenvalue weighted by Crippen LogP contribution is 2.35. The van der Waals surface area contributed by atoms with Crippen LogP contribution in [0.25, 0.3) is 0 Å². The van der Waals surface area contributed by atoms with Crippen molar-refractivity contribution in [2.24, 2.45) is 5.92 Å². The Morgan fingerprint density at radius 3 is 2.15 bits per heavy atom. The minimum Gasteiger partial charge on any atom is -0.486 e. The molecular weight excluding hydrogens is 426 g/mol. The largest absolute Gasteiger partial charge is 0.486 e. The molecule has 0 aromatic heterocycles. The Kier molecular flexibility index (Phi) is 5.95. The number of hydrogen-bond acceptors (Lipinski definition) is 7. The summed E-state index contributed by atoms with van der Waals surface area (Å²) in [7, 11) is 0. The molecule has 2 aromatic carbocycles. The van der Waals surface area contributed by atoms with Crippen LogP contribution in [0, 0.1) is 5.92 Å². The molecule has 3 aliphatic heterocycles. The summed E-state index contributed by atoms with van der Waals surface area (Å²) < 4.78 is 21.8. The summed E-state index contributed by atoms with van der Waals surface area (Å²) in [4.78, 5) is 27.6. The Bertz CT molecular complexity index is 1050. The van der Waals surface area contributed by atoms with Crippen molar-refractivity contribution in [3.05, 3.63) is 36.4 Å². The molecule has 0 spiro atoms. The Balaban J connectivity index is 1.12. The van der Waals surface area contributed by atoms with Crippen molar-refractivity contribution in [1.82, 2.24) is 4.90 Å². The first-order chi connectivity index (χ1) is 16.1. The van der Waals surface area contributed by atoms with Crippen LogP contribution in [0.15, 0.2) is 36.4 Å². The molecule has 0 aliphatic carbocycles. The second kappa shape index (κ2) is 9.19. The number of carbonyl (C=O) groups is 2. The standard InChI is InChI=1S/C24H27N3O6/c1-15(23(28)25-17-2-4-19-21(12-17)31-11-10-30-19)27-8-6-16(7-9-27)24(29)26-18-3-5-20-22(13-18)33-14-32-20/h2-5,12-13,15-16H,6-11,14H2,1H3,(H,25,28)(H,26,29)/t15-/m0/s1. The number of ether oxygens (including phenoxy) is 4. The fourth-order valence-corrected chi connectivity index (χ4v) is 4.30. The van der Waals surface area contributed by atoms with Gasteiger partial charge in [0.15, 0.2) is 23.0 Å². The van der Waals surface area contributed by atoms with Crippen LogP contribution in [0.5, 0.6) is 23.0 Å². The molecule has 3 heterocycles. The van der Waals surface area contributed by atoms with Gasteiger partial charge in [0.2, 0.25) is 18.6 Å². The van der Waals surface area contributed by atoms with E-state index in [-0.39, 0.29) is 30.6 Å². The third-order valence-corrected chi connectivity index (χ3v) is 6.28. The van der Waals surface area contributed by atoms with Gasteiger partial charge in [-0.2, -0.15) is 0 Å². The topological polar surface area (TPSA) is 98.4 Å². The molecule has 2 N–H and O–H groups in total. The first-order valence-corrected chi connectivity index (χ1v) is 11.2. The van der Waals surface area contributed by atoms with Crippen molar-refractivity contribution in [2.45, 2.75) is 25.8 Å². The number of piperidine rings is 1. The van der Waals surface area contributed by atoms with Gasteiger partial charge in [-0.3, -0.25) is 14.5 Å². The van der Waals surface area contributed by atoms with E-state index in [1.54, 1.807) is 24.3 Å². The number of nitrogens with zero attached hydrogens (tertiary/aromatic N) is 1. The maximum Gasteiger partial charge on any atom is 0.241 e. The van der Waals surface area contributed by atoms with E-state index in [1.165, 1.54) is 0 Å². The molecule has 2 amide bonds. The number of benzene rings is 2. The highest BCUT2D eigenvalue weighted by molar-refractivity contribution is 5.95. The van der Waals surface area contributed by atoms with Crippen LogP contribution in [-0.2, 0) is 9.59 Å². The minimum atomic E-state index is -0.309. The van der Waals surface area contributed by atoms with E-state index in [0.717, 1.165) is 0 Å². The SMILES string of the molecule is C[C@@H](C(=O)Nc1ccc2c(c1)OCCO2)N1CCC(C(=O)Nc2ccc3c(c2)OCO3)CC1. The number of carbonyl (C=O) groups excluding carboxylic acids is 2. The van der Waals surface area contributed by atoms with E-state index in [1.807, 2.05) is 19.1 Å². The van der Waals surface area contributed by atoms with Gasteiger partial charge in [-0.25, -0.2) is 0 Å². The zero-order valence-corrected chi connectivity index (χ0v) is 18.5. The minimum absolute atomic E-state index is 0.0121. The molecule has 5 rings (SSSR count). The number of rotatable bonds is 5. The van der Waals surface area contributed by atoms with Crippen LogP contribution in [-0.4, -0.2) is 55.9 Å². The second-order valence-corrected chi connectivity index (χ2v) is 8.39. The van der Waals surface area contributed by atoms with Gasteiger partial charge >= 0.3 is 0 Å². The number of likely N-dealkylation sites (tertiary alicyclic amines) is 1. The summed E-state index contributed by atoms with van der Waals surface area (Å²) in [6, 6.07) is 10.5. The Morgan fingerprint density at radius 1 is 0.848 bits per heavy atom. The van der Waals surface area contributed by atoms with Gasteiger partial charge < -0.3 is 29.6 Å². The lowest BCUT2D eigenvalue weighted by atomic mass is 9.94. The zero-order valence-electron chi connectivity index (χ0n) is 18.5. The molecule has 1 saturated heterocycles. The van der Waals surface area contributed by atoms with Crippen molar-refractivity contribution in [1.29, 1.82) is 0 Å². The zero-order chi connectivity index (χ0) is 22.8. The van der Waals surface area contributed by atoms with Gasteiger partial charge in [0.25, 0.3) is 0 Å². The maximum atomic E-state index is 12.8. The normalized spacial score (nSPS) is 18.5. The highest BCUT2D eigenvalue weighted by Gasteiger charge is 2.30. The molecule has 9 nitrogen and oxygen atoms in total. The number of amides is 2. The number of anilines is 2. The molecule has 3 aliphatic rings. The Morgan fingerprint density at radius 2 is 1.42 bits per heavy atom. The average Bonchev–Trinajstić information content (AvgIpc) is 3.31. The van der Waals surface area contributed by atoms with Gasteiger partial charge in [0.1, 0.15) is 13.2 Å². The van der Waals surface area contributed by atoms with Crippen LogP contribution in [0.2, 0.25) is 0 Å². The third-order valence-electron chi connectivity index (χ3n) is 6.28. The average molecular weight is 453 g/mol. The number of nitrogens with one attached hydrogen (secondary N) is 2. The fraction of sp³-hybridized carbons (Fsp3) is 0.417.